The number of hydrogen-bond donors (Lipinski definition) is 1. The second-order valence-corrected chi connectivity index (χ2v) is 3.16. The number of rotatable bonds is 3. The van der Waals surface area contributed by atoms with E-state index in [-0.39, 0.29) is 6.42 Å². The summed E-state index contributed by atoms with van der Waals surface area (Å²) in [5, 5.41) is 9.66. The van der Waals surface area contributed by atoms with E-state index in [0.717, 1.165) is 5.76 Å². The van der Waals surface area contributed by atoms with Crippen LogP contribution in [0.1, 0.15) is 29.6 Å². The first kappa shape index (κ1) is 10.8. The van der Waals surface area contributed by atoms with E-state index in [1.165, 1.54) is 7.11 Å². The first-order valence-corrected chi connectivity index (χ1v) is 4.36. The van der Waals surface area contributed by atoms with Crippen LogP contribution in [0.3, 0.4) is 0 Å². The van der Waals surface area contributed by atoms with Gasteiger partial charge in [0.15, 0.2) is 0 Å². The normalized spacial score (nSPS) is 12.6. The van der Waals surface area contributed by atoms with Crippen molar-refractivity contribution in [2.24, 2.45) is 0 Å². The number of aryl methyl sites for hydroxylation is 2. The molecule has 0 fully saturated rings. The Labute approximate surface area is 82.5 Å². The molecule has 0 saturated carbocycles. The van der Waals surface area contributed by atoms with E-state index in [1.54, 1.807) is 19.9 Å². The van der Waals surface area contributed by atoms with E-state index < -0.39 is 12.1 Å². The van der Waals surface area contributed by atoms with Crippen LogP contribution in [0.15, 0.2) is 10.5 Å². The largest absolute Gasteiger partial charge is 0.469 e. The van der Waals surface area contributed by atoms with Crippen molar-refractivity contribution in [1.82, 2.24) is 0 Å². The van der Waals surface area contributed by atoms with Gasteiger partial charge in [-0.25, -0.2) is 0 Å². The van der Waals surface area contributed by atoms with E-state index in [9.17, 15) is 9.90 Å². The summed E-state index contributed by atoms with van der Waals surface area (Å²) in [5.74, 6) is 0.927. The van der Waals surface area contributed by atoms with Gasteiger partial charge in [0.1, 0.15) is 11.5 Å². The quantitative estimate of drug-likeness (QED) is 0.747. The number of carbonyl (C=O) groups excluding carboxylic acids is 1. The van der Waals surface area contributed by atoms with Crippen LogP contribution in [-0.4, -0.2) is 18.2 Å². The zero-order valence-corrected chi connectivity index (χ0v) is 8.53. The van der Waals surface area contributed by atoms with Crippen molar-refractivity contribution in [3.05, 3.63) is 23.2 Å². The summed E-state index contributed by atoms with van der Waals surface area (Å²) in [5.41, 5.74) is 0.646. The minimum Gasteiger partial charge on any atom is -0.469 e. The van der Waals surface area contributed by atoms with Crippen molar-refractivity contribution in [1.29, 1.82) is 0 Å². The second kappa shape index (κ2) is 4.28. The van der Waals surface area contributed by atoms with E-state index in [2.05, 4.69) is 4.74 Å². The topological polar surface area (TPSA) is 59.7 Å². The van der Waals surface area contributed by atoms with Crippen molar-refractivity contribution in [2.45, 2.75) is 26.4 Å². The Balaban J connectivity index is 2.73. The number of carbonyl (C=O) groups is 1. The lowest BCUT2D eigenvalue weighted by atomic mass is 10.1. The number of esters is 1. The van der Waals surface area contributed by atoms with Gasteiger partial charge in [0.05, 0.1) is 19.6 Å². The molecule has 1 atom stereocenters. The predicted octanol–water partition coefficient (Wildman–Crippen LogP) is 1.49. The van der Waals surface area contributed by atoms with Gasteiger partial charge in [-0.3, -0.25) is 4.79 Å². The summed E-state index contributed by atoms with van der Waals surface area (Å²) in [7, 11) is 1.29. The number of furan rings is 1. The molecule has 0 aliphatic carbocycles. The van der Waals surface area contributed by atoms with Gasteiger partial charge in [0, 0.05) is 5.56 Å². The van der Waals surface area contributed by atoms with Gasteiger partial charge in [-0.15, -0.1) is 0 Å². The highest BCUT2D eigenvalue weighted by Crippen LogP contribution is 2.23. The molecule has 1 aromatic rings. The molecule has 0 radical (unpaired) electrons. The number of aliphatic hydroxyl groups excluding tert-OH is 1. The summed E-state index contributed by atoms with van der Waals surface area (Å²) in [4.78, 5) is 10.9. The molecule has 0 bridgehead atoms. The fourth-order valence-electron chi connectivity index (χ4n) is 1.33. The zero-order chi connectivity index (χ0) is 10.7. The van der Waals surface area contributed by atoms with Crippen LogP contribution in [-0.2, 0) is 9.53 Å². The predicted molar refractivity (Wildman–Crippen MR) is 49.8 cm³/mol. The lowest BCUT2D eigenvalue weighted by molar-refractivity contribution is -0.142. The van der Waals surface area contributed by atoms with Gasteiger partial charge in [-0.2, -0.15) is 0 Å². The van der Waals surface area contributed by atoms with Crippen molar-refractivity contribution < 1.29 is 19.1 Å². The third-order valence-corrected chi connectivity index (χ3v) is 2.03. The van der Waals surface area contributed by atoms with Gasteiger partial charge < -0.3 is 14.3 Å². The first-order chi connectivity index (χ1) is 6.54. The molecule has 0 amide bonds. The lowest BCUT2D eigenvalue weighted by Crippen LogP contribution is -2.08. The van der Waals surface area contributed by atoms with Gasteiger partial charge in [-0.05, 0) is 19.9 Å². The maximum absolute atomic E-state index is 10.9. The van der Waals surface area contributed by atoms with Crippen LogP contribution in [0.5, 0.6) is 0 Å². The number of hydrogen-bond acceptors (Lipinski definition) is 4. The minimum atomic E-state index is -0.847. The van der Waals surface area contributed by atoms with Crippen LogP contribution < -0.4 is 0 Å². The van der Waals surface area contributed by atoms with Crippen LogP contribution in [0.4, 0.5) is 0 Å². The number of ether oxygens (including phenoxy) is 1. The highest BCUT2D eigenvalue weighted by atomic mass is 16.5. The maximum Gasteiger partial charge on any atom is 0.308 e. The summed E-state index contributed by atoms with van der Waals surface area (Å²) >= 11 is 0. The molecule has 1 aromatic heterocycles. The van der Waals surface area contributed by atoms with E-state index in [4.69, 9.17) is 4.42 Å². The lowest BCUT2D eigenvalue weighted by Gasteiger charge is -2.07. The maximum atomic E-state index is 10.9. The third-order valence-electron chi connectivity index (χ3n) is 2.03. The summed E-state index contributed by atoms with van der Waals surface area (Å²) < 4.78 is 9.70. The van der Waals surface area contributed by atoms with Crippen molar-refractivity contribution in [2.75, 3.05) is 7.11 Å². The van der Waals surface area contributed by atoms with Crippen LogP contribution in [0, 0.1) is 13.8 Å². The van der Waals surface area contributed by atoms with E-state index in [1.807, 2.05) is 0 Å². The Kier molecular flexibility index (Phi) is 3.30. The van der Waals surface area contributed by atoms with E-state index >= 15 is 0 Å². The molecule has 4 nitrogen and oxygen atoms in total. The third kappa shape index (κ3) is 2.35. The van der Waals surface area contributed by atoms with E-state index in [0.29, 0.717) is 11.3 Å². The van der Waals surface area contributed by atoms with Crippen LogP contribution in [0.25, 0.3) is 0 Å². The van der Waals surface area contributed by atoms with Gasteiger partial charge in [0.2, 0.25) is 0 Å². The SMILES string of the molecule is COC(=O)C[C@@H](O)c1cc(C)oc1C. The van der Waals surface area contributed by atoms with Crippen molar-refractivity contribution in [3.8, 4) is 0 Å². The molecular formula is C10H14O4. The number of aliphatic hydroxyl groups is 1. The average Bonchev–Trinajstić information content (AvgIpc) is 2.45. The molecule has 1 N–H and O–H groups in total. The van der Waals surface area contributed by atoms with Crippen LogP contribution in [0.2, 0.25) is 0 Å². The Bertz CT molecular complexity index is 327. The Hall–Kier alpha value is -1.29. The average molecular weight is 198 g/mol. The standard InChI is InChI=1S/C10H14O4/c1-6-4-8(7(2)14-6)9(11)5-10(12)13-3/h4,9,11H,5H2,1-3H3/t9-/m1/s1. The summed E-state index contributed by atoms with van der Waals surface area (Å²) in [6.45, 7) is 3.55. The summed E-state index contributed by atoms with van der Waals surface area (Å²) in [6, 6.07) is 1.73. The Morgan fingerprint density at radius 3 is 2.71 bits per heavy atom. The first-order valence-electron chi connectivity index (χ1n) is 4.36. The fraction of sp³-hybridized carbons (Fsp3) is 0.500. The molecule has 1 heterocycles. The van der Waals surface area contributed by atoms with Gasteiger partial charge in [-0.1, -0.05) is 0 Å². The molecule has 1 rings (SSSR count). The Morgan fingerprint density at radius 2 is 2.29 bits per heavy atom. The molecule has 4 heteroatoms. The molecular weight excluding hydrogens is 184 g/mol. The fourth-order valence-corrected chi connectivity index (χ4v) is 1.33. The molecule has 78 valence electrons. The molecule has 0 unspecified atom stereocenters. The van der Waals surface area contributed by atoms with Gasteiger partial charge in [0.25, 0.3) is 0 Å². The monoisotopic (exact) mass is 198 g/mol. The smallest absolute Gasteiger partial charge is 0.308 e. The van der Waals surface area contributed by atoms with Crippen molar-refractivity contribution >= 4 is 5.97 Å². The Morgan fingerprint density at radius 1 is 1.64 bits per heavy atom. The zero-order valence-electron chi connectivity index (χ0n) is 8.53. The molecule has 14 heavy (non-hydrogen) atoms. The molecule has 0 aliphatic heterocycles. The highest BCUT2D eigenvalue weighted by molar-refractivity contribution is 5.70. The molecule has 0 aromatic carbocycles. The molecule has 0 saturated heterocycles. The summed E-state index contributed by atoms with van der Waals surface area (Å²) in [6.07, 6.45) is -0.893. The molecule has 0 aliphatic rings. The number of methoxy groups -OCH3 is 1. The second-order valence-electron chi connectivity index (χ2n) is 3.16. The van der Waals surface area contributed by atoms with Crippen molar-refractivity contribution in [3.63, 3.8) is 0 Å². The van der Waals surface area contributed by atoms with Crippen LogP contribution >= 0.6 is 0 Å². The molecule has 0 spiro atoms. The van der Waals surface area contributed by atoms with Gasteiger partial charge >= 0.3 is 5.97 Å². The highest BCUT2D eigenvalue weighted by Gasteiger charge is 2.17. The minimum absolute atomic E-state index is 0.0453.